The van der Waals surface area contributed by atoms with Gasteiger partial charge in [0.2, 0.25) is 0 Å². The Hall–Kier alpha value is -2.56. The highest BCUT2D eigenvalue weighted by atomic mass is 31.2. The number of benzene rings is 2. The van der Waals surface area contributed by atoms with E-state index < -0.39 is 19.0 Å². The number of anilines is 1. The van der Waals surface area contributed by atoms with Crippen LogP contribution in [0.25, 0.3) is 5.53 Å². The highest BCUT2D eigenvalue weighted by Gasteiger charge is 2.48. The normalized spacial score (nSPS) is 10.9. The van der Waals surface area contributed by atoms with Crippen molar-refractivity contribution in [3.05, 3.63) is 71.8 Å². The van der Waals surface area contributed by atoms with Crippen LogP contribution in [-0.2, 0) is 25.0 Å². The van der Waals surface area contributed by atoms with Crippen LogP contribution in [0.1, 0.15) is 19.4 Å². The average Bonchev–Trinajstić information content (AvgIpc) is 2.68. The van der Waals surface area contributed by atoms with Gasteiger partial charge < -0.3 is 14.6 Å². The maximum absolute atomic E-state index is 13.2. The Balaban J connectivity index is 2.45. The lowest BCUT2D eigenvalue weighted by molar-refractivity contribution is -0.116. The van der Waals surface area contributed by atoms with E-state index in [0.717, 1.165) is 5.56 Å². The molecule has 0 aliphatic carbocycles. The third kappa shape index (κ3) is 5.22. The van der Waals surface area contributed by atoms with Crippen molar-refractivity contribution in [3.8, 4) is 0 Å². The zero-order valence-corrected chi connectivity index (χ0v) is 16.2. The highest BCUT2D eigenvalue weighted by Crippen LogP contribution is 2.49. The SMILES string of the molecule is CCOP(=O)(OCC)C(=[N+]=[N-])C(=O)N(Cc1ccccc1)c1ccccc1. The van der Waals surface area contributed by atoms with Gasteiger partial charge in [-0.1, -0.05) is 48.5 Å². The van der Waals surface area contributed by atoms with Gasteiger partial charge in [0.1, 0.15) is 0 Å². The summed E-state index contributed by atoms with van der Waals surface area (Å²) in [6.45, 7) is 3.50. The molecule has 0 radical (unpaired) electrons. The van der Waals surface area contributed by atoms with E-state index in [1.165, 1.54) is 4.90 Å². The molecule has 1 amide bonds. The van der Waals surface area contributed by atoms with Crippen molar-refractivity contribution in [3.63, 3.8) is 0 Å². The standard InChI is InChI=1S/C19H22N3O4P/c1-3-25-27(24,26-4-2)18(21-20)19(23)22(17-13-9-6-10-14-17)15-16-11-7-5-8-12-16/h5-14H,3-4,15H2,1-2H3. The summed E-state index contributed by atoms with van der Waals surface area (Å²) in [4.78, 5) is 17.5. The number of nitrogens with zero attached hydrogens (tertiary/aromatic N) is 3. The third-order valence-electron chi connectivity index (χ3n) is 3.64. The first-order valence-corrected chi connectivity index (χ1v) is 10.1. The molecule has 2 aromatic rings. The quantitative estimate of drug-likeness (QED) is 0.280. The monoisotopic (exact) mass is 387 g/mol. The average molecular weight is 387 g/mol. The molecule has 0 saturated heterocycles. The molecule has 0 bridgehead atoms. The van der Waals surface area contributed by atoms with E-state index in [1.807, 2.05) is 36.4 Å². The predicted octanol–water partition coefficient (Wildman–Crippen LogP) is 4.11. The van der Waals surface area contributed by atoms with Gasteiger partial charge in [-0.15, -0.1) is 0 Å². The number of hydrogen-bond acceptors (Lipinski definition) is 4. The van der Waals surface area contributed by atoms with Crippen molar-refractivity contribution < 1.29 is 23.2 Å². The number of carbonyl (C=O) groups excluding carboxylic acids is 1. The fourth-order valence-corrected chi connectivity index (χ4v) is 3.95. The lowest BCUT2D eigenvalue weighted by atomic mass is 10.2. The van der Waals surface area contributed by atoms with Crippen molar-refractivity contribution in [2.75, 3.05) is 18.1 Å². The van der Waals surface area contributed by atoms with E-state index in [2.05, 4.69) is 4.79 Å². The van der Waals surface area contributed by atoms with Crippen LogP contribution in [0.2, 0.25) is 0 Å². The molecule has 2 aromatic carbocycles. The van der Waals surface area contributed by atoms with Crippen LogP contribution in [0, 0.1) is 0 Å². The minimum Gasteiger partial charge on any atom is -0.360 e. The van der Waals surface area contributed by atoms with Gasteiger partial charge in [-0.05, 0) is 31.5 Å². The van der Waals surface area contributed by atoms with Gasteiger partial charge >= 0.3 is 19.0 Å². The van der Waals surface area contributed by atoms with Crippen LogP contribution >= 0.6 is 7.60 Å². The summed E-state index contributed by atoms with van der Waals surface area (Å²) >= 11 is 0. The Bertz CT molecular complexity index is 842. The van der Waals surface area contributed by atoms with Crippen LogP contribution in [0.4, 0.5) is 5.69 Å². The summed E-state index contributed by atoms with van der Waals surface area (Å²) in [5.74, 6) is -0.752. The second kappa shape index (κ2) is 9.95. The second-order valence-electron chi connectivity index (χ2n) is 5.47. The van der Waals surface area contributed by atoms with Gasteiger partial charge in [0, 0.05) is 5.69 Å². The summed E-state index contributed by atoms with van der Waals surface area (Å²) in [5, 5.41) is 0. The number of hydrogen-bond donors (Lipinski definition) is 0. The Morgan fingerprint density at radius 3 is 2.00 bits per heavy atom. The Labute approximate surface area is 158 Å². The van der Waals surface area contributed by atoms with Crippen LogP contribution in [0.3, 0.4) is 0 Å². The molecule has 0 aliphatic rings. The first-order chi connectivity index (χ1) is 13.1. The molecule has 0 N–H and O–H groups in total. The Kier molecular flexibility index (Phi) is 7.65. The molecule has 2 rings (SSSR count). The first-order valence-electron chi connectivity index (χ1n) is 8.58. The summed E-state index contributed by atoms with van der Waals surface area (Å²) in [6, 6.07) is 18.2. The summed E-state index contributed by atoms with van der Waals surface area (Å²) in [7, 11) is -4.06. The molecule has 0 spiro atoms. The van der Waals surface area contributed by atoms with Crippen LogP contribution in [0.5, 0.6) is 0 Å². The van der Waals surface area contributed by atoms with Gasteiger partial charge in [-0.2, -0.15) is 4.79 Å². The van der Waals surface area contributed by atoms with Gasteiger partial charge in [0.15, 0.2) is 0 Å². The van der Waals surface area contributed by atoms with E-state index in [1.54, 1.807) is 38.1 Å². The van der Waals surface area contributed by atoms with E-state index in [0.29, 0.717) is 5.69 Å². The molecule has 7 nitrogen and oxygen atoms in total. The fraction of sp³-hybridized carbons (Fsp3) is 0.263. The maximum Gasteiger partial charge on any atom is 0.465 e. The third-order valence-corrected chi connectivity index (χ3v) is 5.64. The van der Waals surface area contributed by atoms with Gasteiger partial charge in [0.25, 0.3) is 0 Å². The topological polar surface area (TPSA) is 92.2 Å². The minimum atomic E-state index is -4.06. The van der Waals surface area contributed by atoms with Gasteiger partial charge in [0.05, 0.1) is 19.8 Å². The highest BCUT2D eigenvalue weighted by molar-refractivity contribution is 7.74. The van der Waals surface area contributed by atoms with E-state index in [-0.39, 0.29) is 19.8 Å². The number of amides is 1. The summed E-state index contributed by atoms with van der Waals surface area (Å²) < 4.78 is 23.3. The van der Waals surface area contributed by atoms with Gasteiger partial charge in [-0.25, -0.2) is 4.57 Å². The molecule has 0 aromatic heterocycles. The van der Waals surface area contributed by atoms with Crippen molar-refractivity contribution in [1.82, 2.24) is 0 Å². The lowest BCUT2D eigenvalue weighted by Crippen LogP contribution is -2.37. The number of carbonyl (C=O) groups is 1. The van der Waals surface area contributed by atoms with E-state index in [9.17, 15) is 14.9 Å². The smallest absolute Gasteiger partial charge is 0.360 e. The molecule has 0 heterocycles. The largest absolute Gasteiger partial charge is 0.465 e. The minimum absolute atomic E-state index is 0.0353. The van der Waals surface area contributed by atoms with Gasteiger partial charge in [-0.3, -0.25) is 9.69 Å². The molecule has 0 saturated carbocycles. The van der Waals surface area contributed by atoms with E-state index in [4.69, 9.17) is 9.05 Å². The second-order valence-corrected chi connectivity index (χ2v) is 7.40. The van der Waals surface area contributed by atoms with Crippen molar-refractivity contribution in [2.45, 2.75) is 20.4 Å². The first kappa shape index (κ1) is 20.7. The number of rotatable bonds is 9. The zero-order valence-electron chi connectivity index (χ0n) is 15.3. The van der Waals surface area contributed by atoms with Crippen molar-refractivity contribution in [2.24, 2.45) is 0 Å². The summed E-state index contributed by atoms with van der Waals surface area (Å²) in [6.07, 6.45) is 0. The molecular weight excluding hydrogens is 365 g/mol. The molecule has 0 fully saturated rings. The van der Waals surface area contributed by atoms with Crippen molar-refractivity contribution >= 4 is 24.6 Å². The molecule has 0 unspecified atom stereocenters. The van der Waals surface area contributed by atoms with E-state index >= 15 is 0 Å². The lowest BCUT2D eigenvalue weighted by Gasteiger charge is -2.22. The van der Waals surface area contributed by atoms with Crippen LogP contribution in [0.15, 0.2) is 60.7 Å². The summed E-state index contributed by atoms with van der Waals surface area (Å²) in [5.41, 5.74) is 10.2. The van der Waals surface area contributed by atoms with Crippen molar-refractivity contribution in [1.29, 1.82) is 0 Å². The molecule has 142 valence electrons. The Morgan fingerprint density at radius 1 is 1.00 bits per heavy atom. The molecule has 8 heteroatoms. The molecule has 27 heavy (non-hydrogen) atoms. The molecule has 0 aliphatic heterocycles. The fourth-order valence-electron chi connectivity index (χ4n) is 2.49. The maximum atomic E-state index is 13.2. The van der Waals surface area contributed by atoms with Crippen LogP contribution < -0.4 is 4.90 Å². The van der Waals surface area contributed by atoms with Crippen LogP contribution in [-0.4, -0.2) is 29.4 Å². The zero-order chi connectivity index (χ0) is 19.7. The molecular formula is C19H22N3O4P. The Morgan fingerprint density at radius 2 is 1.52 bits per heavy atom. The predicted molar refractivity (Wildman–Crippen MR) is 104 cm³/mol. The molecule has 0 atom stereocenters. The number of para-hydroxylation sites is 1.